The standard InChI is InChI=1S/C24H29N5O5S/c1-4-28(5-2)35(33,34)19-7-9-22(23(16-19)29(31)32)26-10-12-27(13-11-26)24(30)21-15-18-14-17(3)6-8-20(18)25-21/h6-9,14-16,25H,4-5,10-13H2,1-3H3. The quantitative estimate of drug-likeness (QED) is 0.393. The molecule has 2 aromatic carbocycles. The number of nitrogens with zero attached hydrogens (tertiary/aromatic N) is 4. The molecule has 1 aromatic heterocycles. The zero-order valence-corrected chi connectivity index (χ0v) is 20.8. The summed E-state index contributed by atoms with van der Waals surface area (Å²) in [6.07, 6.45) is 0. The second kappa shape index (κ2) is 9.67. The van der Waals surface area contributed by atoms with E-state index < -0.39 is 14.9 Å². The van der Waals surface area contributed by atoms with Crippen LogP contribution in [0.15, 0.2) is 47.4 Å². The van der Waals surface area contributed by atoms with E-state index in [4.69, 9.17) is 0 Å². The van der Waals surface area contributed by atoms with Gasteiger partial charge in [-0.25, -0.2) is 8.42 Å². The number of aromatic nitrogens is 1. The van der Waals surface area contributed by atoms with Crippen molar-refractivity contribution in [3.8, 4) is 0 Å². The number of hydrogen-bond acceptors (Lipinski definition) is 6. The monoisotopic (exact) mass is 499 g/mol. The van der Waals surface area contributed by atoms with Crippen molar-refractivity contribution < 1.29 is 18.1 Å². The summed E-state index contributed by atoms with van der Waals surface area (Å²) in [5.41, 5.74) is 2.61. The number of aryl methyl sites for hydroxylation is 1. The first-order valence-corrected chi connectivity index (χ1v) is 13.0. The number of piperazine rings is 1. The number of hydrogen-bond donors (Lipinski definition) is 1. The number of nitro groups is 1. The van der Waals surface area contributed by atoms with Crippen LogP contribution in [0.2, 0.25) is 0 Å². The number of nitrogens with one attached hydrogen (secondary N) is 1. The second-order valence-electron chi connectivity index (χ2n) is 8.55. The fraction of sp³-hybridized carbons (Fsp3) is 0.375. The van der Waals surface area contributed by atoms with Gasteiger partial charge in [-0.1, -0.05) is 25.5 Å². The highest BCUT2D eigenvalue weighted by Gasteiger charge is 2.30. The van der Waals surface area contributed by atoms with Crippen molar-refractivity contribution in [2.75, 3.05) is 44.2 Å². The zero-order chi connectivity index (χ0) is 25.3. The first kappa shape index (κ1) is 24.7. The minimum atomic E-state index is -3.82. The van der Waals surface area contributed by atoms with Gasteiger partial charge in [0.1, 0.15) is 11.4 Å². The molecule has 0 atom stereocenters. The molecule has 10 nitrogen and oxygen atoms in total. The largest absolute Gasteiger partial charge is 0.362 e. The van der Waals surface area contributed by atoms with Gasteiger partial charge in [-0.2, -0.15) is 4.31 Å². The maximum atomic E-state index is 13.0. The van der Waals surface area contributed by atoms with Gasteiger partial charge in [-0.15, -0.1) is 0 Å². The number of aromatic amines is 1. The first-order chi connectivity index (χ1) is 16.6. The lowest BCUT2D eigenvalue weighted by Gasteiger charge is -2.35. The van der Waals surface area contributed by atoms with Crippen LogP contribution in [-0.4, -0.2) is 72.7 Å². The Morgan fingerprint density at radius 2 is 1.74 bits per heavy atom. The summed E-state index contributed by atoms with van der Waals surface area (Å²) in [7, 11) is -3.82. The predicted octanol–water partition coefficient (Wildman–Crippen LogP) is 3.38. The molecule has 1 amide bonds. The van der Waals surface area contributed by atoms with Crippen LogP contribution in [-0.2, 0) is 10.0 Å². The third-order valence-corrected chi connectivity index (χ3v) is 8.45. The number of sulfonamides is 1. The number of carbonyl (C=O) groups is 1. The van der Waals surface area contributed by atoms with Gasteiger partial charge < -0.3 is 14.8 Å². The maximum absolute atomic E-state index is 13.0. The van der Waals surface area contributed by atoms with Crippen molar-refractivity contribution in [2.24, 2.45) is 0 Å². The average molecular weight is 500 g/mol. The van der Waals surface area contributed by atoms with Crippen LogP contribution in [0.3, 0.4) is 0 Å². The molecule has 2 heterocycles. The molecule has 186 valence electrons. The minimum absolute atomic E-state index is 0.0977. The third-order valence-electron chi connectivity index (χ3n) is 6.40. The summed E-state index contributed by atoms with van der Waals surface area (Å²) in [4.78, 5) is 30.9. The van der Waals surface area contributed by atoms with Crippen molar-refractivity contribution in [3.05, 3.63) is 63.8 Å². The van der Waals surface area contributed by atoms with Gasteiger partial charge >= 0.3 is 0 Å². The lowest BCUT2D eigenvalue weighted by atomic mass is 10.2. The van der Waals surface area contributed by atoms with E-state index in [2.05, 4.69) is 4.98 Å². The molecule has 3 aromatic rings. The molecule has 1 fully saturated rings. The Morgan fingerprint density at radius 3 is 2.37 bits per heavy atom. The van der Waals surface area contributed by atoms with E-state index in [1.807, 2.05) is 36.1 Å². The molecule has 4 rings (SSSR count). The predicted molar refractivity (Wildman–Crippen MR) is 134 cm³/mol. The number of carbonyl (C=O) groups excluding carboxylic acids is 1. The molecule has 1 aliphatic heterocycles. The average Bonchev–Trinajstić information content (AvgIpc) is 3.27. The smallest absolute Gasteiger partial charge is 0.293 e. The van der Waals surface area contributed by atoms with Gasteiger partial charge in [-0.3, -0.25) is 14.9 Å². The van der Waals surface area contributed by atoms with Crippen LogP contribution in [0.4, 0.5) is 11.4 Å². The zero-order valence-electron chi connectivity index (χ0n) is 20.0. The summed E-state index contributed by atoms with van der Waals surface area (Å²) in [6, 6.07) is 11.8. The highest BCUT2D eigenvalue weighted by molar-refractivity contribution is 7.89. The van der Waals surface area contributed by atoms with Crippen LogP contribution < -0.4 is 4.90 Å². The number of rotatable bonds is 7. The third kappa shape index (κ3) is 4.73. The molecule has 0 unspecified atom stereocenters. The van der Waals surface area contributed by atoms with Gasteiger partial charge in [0.2, 0.25) is 10.0 Å². The molecule has 11 heteroatoms. The number of H-pyrrole nitrogens is 1. The van der Waals surface area contributed by atoms with E-state index in [0.717, 1.165) is 22.5 Å². The van der Waals surface area contributed by atoms with Crippen LogP contribution in [0, 0.1) is 17.0 Å². The molecule has 1 saturated heterocycles. The fourth-order valence-corrected chi connectivity index (χ4v) is 5.96. The van der Waals surface area contributed by atoms with E-state index in [1.54, 1.807) is 18.7 Å². The van der Waals surface area contributed by atoms with Crippen molar-refractivity contribution in [2.45, 2.75) is 25.7 Å². The van der Waals surface area contributed by atoms with Crippen molar-refractivity contribution in [1.82, 2.24) is 14.2 Å². The molecule has 0 radical (unpaired) electrons. The molecule has 0 spiro atoms. The molecule has 0 aliphatic carbocycles. The van der Waals surface area contributed by atoms with Crippen LogP contribution in [0.5, 0.6) is 0 Å². The van der Waals surface area contributed by atoms with E-state index in [-0.39, 0.29) is 29.6 Å². The molecule has 35 heavy (non-hydrogen) atoms. The van der Waals surface area contributed by atoms with Crippen molar-refractivity contribution >= 4 is 38.2 Å². The van der Waals surface area contributed by atoms with Crippen LogP contribution in [0.25, 0.3) is 10.9 Å². The van der Waals surface area contributed by atoms with E-state index in [0.29, 0.717) is 37.6 Å². The lowest BCUT2D eigenvalue weighted by Crippen LogP contribution is -2.49. The van der Waals surface area contributed by atoms with Crippen molar-refractivity contribution in [3.63, 3.8) is 0 Å². The van der Waals surface area contributed by atoms with Gasteiger partial charge in [0.25, 0.3) is 11.6 Å². The van der Waals surface area contributed by atoms with E-state index in [1.165, 1.54) is 16.4 Å². The molecule has 0 bridgehead atoms. The molecular formula is C24H29N5O5S. The number of anilines is 1. The Kier molecular flexibility index (Phi) is 6.82. The number of benzene rings is 2. The van der Waals surface area contributed by atoms with Gasteiger partial charge in [0.15, 0.2) is 0 Å². The lowest BCUT2D eigenvalue weighted by molar-refractivity contribution is -0.384. The van der Waals surface area contributed by atoms with Crippen LogP contribution in [0.1, 0.15) is 29.9 Å². The second-order valence-corrected chi connectivity index (χ2v) is 10.5. The summed E-state index contributed by atoms with van der Waals surface area (Å²) in [5, 5.41) is 12.8. The molecular weight excluding hydrogens is 470 g/mol. The Bertz CT molecular complexity index is 1370. The Labute approximate surface area is 204 Å². The summed E-state index contributed by atoms with van der Waals surface area (Å²) >= 11 is 0. The van der Waals surface area contributed by atoms with E-state index in [9.17, 15) is 23.3 Å². The molecule has 1 N–H and O–H groups in total. The van der Waals surface area contributed by atoms with Gasteiger partial charge in [0, 0.05) is 56.2 Å². The fourth-order valence-electron chi connectivity index (χ4n) is 4.48. The number of nitro benzene ring substituents is 1. The Morgan fingerprint density at radius 1 is 1.06 bits per heavy atom. The maximum Gasteiger partial charge on any atom is 0.293 e. The van der Waals surface area contributed by atoms with E-state index >= 15 is 0 Å². The SMILES string of the molecule is CCN(CC)S(=O)(=O)c1ccc(N2CCN(C(=O)c3cc4cc(C)ccc4[nH]3)CC2)c([N+](=O)[O-])c1. The normalized spacial score (nSPS) is 14.6. The highest BCUT2D eigenvalue weighted by atomic mass is 32.2. The summed E-state index contributed by atoms with van der Waals surface area (Å²) in [5.74, 6) is -0.117. The first-order valence-electron chi connectivity index (χ1n) is 11.6. The molecule has 1 aliphatic rings. The van der Waals surface area contributed by atoms with Crippen LogP contribution >= 0.6 is 0 Å². The minimum Gasteiger partial charge on any atom is -0.362 e. The molecule has 0 saturated carbocycles. The highest BCUT2D eigenvalue weighted by Crippen LogP contribution is 2.32. The van der Waals surface area contributed by atoms with Gasteiger partial charge in [-0.05, 0) is 37.3 Å². The van der Waals surface area contributed by atoms with Gasteiger partial charge in [0.05, 0.1) is 9.82 Å². The number of fused-ring (bicyclic) bond motifs is 1. The van der Waals surface area contributed by atoms with Crippen molar-refractivity contribution in [1.29, 1.82) is 0 Å². The Balaban J connectivity index is 1.52. The topological polar surface area (TPSA) is 120 Å². The Hall–Kier alpha value is -3.44. The summed E-state index contributed by atoms with van der Waals surface area (Å²) < 4.78 is 26.9. The summed E-state index contributed by atoms with van der Waals surface area (Å²) in [6.45, 7) is 7.58. The number of amides is 1.